The van der Waals surface area contributed by atoms with Gasteiger partial charge in [-0.3, -0.25) is 14.2 Å². The maximum Gasteiger partial charge on any atom is 0.141 e. The summed E-state index contributed by atoms with van der Waals surface area (Å²) in [5, 5.41) is 0. The highest BCUT2D eigenvalue weighted by atomic mass is 20.0. The van der Waals surface area contributed by atoms with E-state index < -0.39 is 17.9 Å². The predicted molar refractivity (Wildman–Crippen MR) is 162 cm³/mol. The van der Waals surface area contributed by atoms with Crippen molar-refractivity contribution >= 4 is 16.8 Å². The first-order valence-corrected chi connectivity index (χ1v) is 14.3. The molecular weight excluding hydrogens is 544 g/mol. The van der Waals surface area contributed by atoms with E-state index in [9.17, 15) is 9.18 Å². The average molecular weight is 587 g/mol. The van der Waals surface area contributed by atoms with Crippen LogP contribution in [-0.4, -0.2) is 29.5 Å². The summed E-state index contributed by atoms with van der Waals surface area (Å²) in [4.78, 5) is 22.1. The van der Waals surface area contributed by atoms with Crippen LogP contribution in [0.15, 0.2) is 60.5 Å². The molecule has 8 heteroatoms. The smallest absolute Gasteiger partial charge is 0.141 e. The minimum Gasteiger partial charge on any atom is -0.500 e. The number of alkyl halides is 1. The van der Waals surface area contributed by atoms with E-state index in [1.165, 1.54) is 37.1 Å². The van der Waals surface area contributed by atoms with E-state index in [4.69, 9.17) is 18.9 Å². The molecule has 0 radical (unpaired) electrons. The van der Waals surface area contributed by atoms with Gasteiger partial charge in [-0.05, 0) is 84.1 Å². The van der Waals surface area contributed by atoms with Gasteiger partial charge in [0.1, 0.15) is 24.0 Å². The van der Waals surface area contributed by atoms with E-state index in [0.717, 1.165) is 35.7 Å². The van der Waals surface area contributed by atoms with Crippen LogP contribution < -0.4 is 0 Å². The summed E-state index contributed by atoms with van der Waals surface area (Å²) >= 11 is 0. The van der Waals surface area contributed by atoms with Crippen molar-refractivity contribution in [2.75, 3.05) is 13.8 Å². The molecule has 0 amide bonds. The lowest BCUT2D eigenvalue weighted by Gasteiger charge is -2.33. The zero-order valence-electron chi connectivity index (χ0n) is 25.1. The fourth-order valence-corrected chi connectivity index (χ4v) is 5.56. The number of fused-ring (bicyclic) bond motifs is 1. The minimum atomic E-state index is -0.816. The molecular formula is C34H42F4N2O2. The molecule has 0 N–H and O–H groups in total. The highest BCUT2D eigenvalue weighted by molar-refractivity contribution is 5.84. The van der Waals surface area contributed by atoms with Crippen LogP contribution in [0.5, 0.6) is 0 Å². The number of methoxy groups -OCH3 is 1. The molecule has 3 aromatic rings. The highest BCUT2D eigenvalue weighted by Crippen LogP contribution is 2.37. The van der Waals surface area contributed by atoms with E-state index in [0.29, 0.717) is 28.2 Å². The Hall–Kier alpha value is -3.55. The van der Waals surface area contributed by atoms with Crippen LogP contribution in [0.3, 0.4) is 0 Å². The fourth-order valence-electron chi connectivity index (χ4n) is 5.56. The highest BCUT2D eigenvalue weighted by Gasteiger charge is 2.26. The molecule has 0 saturated heterocycles. The Morgan fingerprint density at radius 2 is 1.83 bits per heavy atom. The summed E-state index contributed by atoms with van der Waals surface area (Å²) < 4.78 is 49.7. The van der Waals surface area contributed by atoms with Crippen molar-refractivity contribution < 1.29 is 28.9 Å². The van der Waals surface area contributed by atoms with Gasteiger partial charge < -0.3 is 4.74 Å². The topological polar surface area (TPSA) is 52.1 Å². The van der Waals surface area contributed by atoms with Crippen LogP contribution in [0.1, 0.15) is 65.1 Å². The van der Waals surface area contributed by atoms with Crippen molar-refractivity contribution in [1.29, 1.82) is 0 Å². The van der Waals surface area contributed by atoms with Gasteiger partial charge in [0, 0.05) is 29.0 Å². The zero-order valence-corrected chi connectivity index (χ0v) is 25.1. The number of hydrogen-bond acceptors (Lipinski definition) is 4. The van der Waals surface area contributed by atoms with E-state index in [1.807, 2.05) is 0 Å². The average Bonchev–Trinajstić information content (AvgIpc) is 2.96. The number of rotatable bonds is 12. The normalized spacial score (nSPS) is 16.8. The van der Waals surface area contributed by atoms with Crippen LogP contribution in [-0.2, 0) is 28.8 Å². The van der Waals surface area contributed by atoms with Gasteiger partial charge in [-0.25, -0.2) is 9.37 Å². The number of hydrogen-bond donors (Lipinski definition) is 0. The molecule has 0 bridgehead atoms. The molecule has 4 rings (SSSR count). The first kappa shape index (κ1) is 33.0. The molecule has 0 atom stereocenters. The number of nitrogens with zero attached hydrogens (tertiary/aromatic N) is 2. The summed E-state index contributed by atoms with van der Waals surface area (Å²) in [5.41, 5.74) is 5.49. The Morgan fingerprint density at radius 3 is 2.43 bits per heavy atom. The monoisotopic (exact) mass is 586 g/mol. The van der Waals surface area contributed by atoms with Gasteiger partial charge in [-0.1, -0.05) is 46.4 Å². The number of ether oxygens (including phenoxy) is 1. The molecule has 1 aromatic heterocycles. The summed E-state index contributed by atoms with van der Waals surface area (Å²) in [6, 6.07) is 9.10. The Balaban J connectivity index is 0.00000211. The number of ketones is 1. The van der Waals surface area contributed by atoms with Gasteiger partial charge in [0.2, 0.25) is 0 Å². The zero-order chi connectivity index (χ0) is 31.0. The molecule has 0 aliphatic heterocycles. The maximum atomic E-state index is 15.1. The van der Waals surface area contributed by atoms with E-state index in [1.54, 1.807) is 38.3 Å². The number of aryl methyl sites for hydroxylation is 1. The van der Waals surface area contributed by atoms with Crippen molar-refractivity contribution in [2.24, 2.45) is 17.3 Å². The molecule has 42 heavy (non-hydrogen) atoms. The van der Waals surface area contributed by atoms with E-state index in [-0.39, 0.29) is 20.1 Å². The first-order valence-electron chi connectivity index (χ1n) is 14.3. The van der Waals surface area contributed by atoms with Crippen molar-refractivity contribution in [3.8, 4) is 11.3 Å². The minimum absolute atomic E-state index is 0. The standard InChI is InChI=1S/C34H40F2N2O2.F2.H2/c1-7-24-17-31-30(18-27(24)14-23-10-21(2)11-23)37-19-32(38-31)26-9-8-25(29(36)16-26)15-28(39)12-22(3)13-33(40-6)34(4,5)20-35;1-2;/h8-9,13,16-19,21,23H,3,7,10-12,14-15,20H2,1-2,4-6H3;;1H/b33-13-;;. The number of Topliss-reactive ketones (excluding diaryl/α,β-unsaturated/α-hetero) is 1. The Morgan fingerprint density at radius 1 is 1.14 bits per heavy atom. The Kier molecular flexibility index (Phi) is 11.4. The second kappa shape index (κ2) is 14.6. The van der Waals surface area contributed by atoms with Gasteiger partial charge in [-0.15, -0.1) is 0 Å². The van der Waals surface area contributed by atoms with Crippen LogP contribution in [0.2, 0.25) is 0 Å². The molecule has 1 heterocycles. The van der Waals surface area contributed by atoms with Crippen molar-refractivity contribution in [1.82, 2.24) is 9.97 Å². The molecule has 1 saturated carbocycles. The fraction of sp³-hybridized carbons (Fsp3) is 0.441. The summed E-state index contributed by atoms with van der Waals surface area (Å²) in [7, 11) is 1.46. The Labute approximate surface area is 247 Å². The summed E-state index contributed by atoms with van der Waals surface area (Å²) in [5.74, 6) is 1.34. The molecule has 1 aliphatic rings. The lowest BCUT2D eigenvalue weighted by atomic mass is 9.72. The Bertz CT molecular complexity index is 1450. The largest absolute Gasteiger partial charge is 0.500 e. The number of aromatic nitrogens is 2. The van der Waals surface area contributed by atoms with E-state index in [2.05, 4.69) is 37.5 Å². The van der Waals surface area contributed by atoms with Gasteiger partial charge in [0.25, 0.3) is 0 Å². The van der Waals surface area contributed by atoms with Crippen LogP contribution in [0.4, 0.5) is 17.9 Å². The molecule has 1 fully saturated rings. The molecule has 4 nitrogen and oxygen atoms in total. The number of carbonyl (C=O) groups is 1. The SMILES string of the molecule is C=C(/C=C(\OC)C(C)(C)CF)CC(=O)Cc1ccc(-c2cnc3cc(CC4CC(C)C4)c(CC)cc3n2)cc1F.FF.[HH]. The third-order valence-electron chi connectivity index (χ3n) is 7.94. The van der Waals surface area contributed by atoms with Crippen molar-refractivity contribution in [3.63, 3.8) is 0 Å². The van der Waals surface area contributed by atoms with E-state index >= 15 is 4.39 Å². The van der Waals surface area contributed by atoms with Crippen molar-refractivity contribution in [2.45, 2.75) is 66.2 Å². The quantitative estimate of drug-likeness (QED) is 0.121. The third kappa shape index (κ3) is 8.05. The van der Waals surface area contributed by atoms with Gasteiger partial charge in [0.15, 0.2) is 0 Å². The number of benzene rings is 2. The number of allylic oxidation sites excluding steroid dienone is 3. The summed E-state index contributed by atoms with van der Waals surface area (Å²) in [6.07, 6.45) is 7.83. The molecule has 2 aromatic carbocycles. The first-order chi connectivity index (χ1) is 20.0. The third-order valence-corrected chi connectivity index (χ3v) is 7.94. The van der Waals surface area contributed by atoms with Crippen LogP contribution >= 0.6 is 0 Å². The van der Waals surface area contributed by atoms with Crippen LogP contribution in [0, 0.1) is 23.1 Å². The predicted octanol–water partition coefficient (Wildman–Crippen LogP) is 9.26. The summed E-state index contributed by atoms with van der Waals surface area (Å²) in [6.45, 7) is 11.2. The van der Waals surface area contributed by atoms with Gasteiger partial charge in [0.05, 0.1) is 35.4 Å². The lowest BCUT2D eigenvalue weighted by molar-refractivity contribution is -0.117. The molecule has 0 unspecified atom stereocenters. The maximum absolute atomic E-state index is 15.1. The second-order valence-corrected chi connectivity index (χ2v) is 12.0. The van der Waals surface area contributed by atoms with Crippen molar-refractivity contribution in [3.05, 3.63) is 83.0 Å². The van der Waals surface area contributed by atoms with Gasteiger partial charge in [-0.2, -0.15) is 0 Å². The molecule has 228 valence electrons. The second-order valence-electron chi connectivity index (χ2n) is 12.0. The van der Waals surface area contributed by atoms with Gasteiger partial charge >= 0.3 is 0 Å². The number of halogens is 4. The lowest BCUT2D eigenvalue weighted by Crippen LogP contribution is -2.23. The van der Waals surface area contributed by atoms with Crippen LogP contribution in [0.25, 0.3) is 22.3 Å². The molecule has 1 aliphatic carbocycles. The molecule has 0 spiro atoms. The number of carbonyl (C=O) groups excluding carboxylic acids is 1.